The Balaban J connectivity index is 2.15. The Morgan fingerprint density at radius 3 is 2.77 bits per heavy atom. The van der Waals surface area contributed by atoms with Crippen LogP contribution in [-0.2, 0) is 6.54 Å². The number of nitriles is 1. The van der Waals surface area contributed by atoms with E-state index < -0.39 is 0 Å². The number of aryl methyl sites for hydroxylation is 1. The second kappa shape index (κ2) is 7.21. The second-order valence-corrected chi connectivity index (χ2v) is 5.63. The molecule has 8 nitrogen and oxygen atoms in total. The van der Waals surface area contributed by atoms with Crippen LogP contribution in [0.5, 0.6) is 5.88 Å². The molecule has 0 unspecified atom stereocenters. The summed E-state index contributed by atoms with van der Waals surface area (Å²) in [4.78, 5) is 8.52. The summed E-state index contributed by atoms with van der Waals surface area (Å²) in [7, 11) is 1.55. The number of nitrogens with two attached hydrogens (primary N) is 1. The Bertz CT molecular complexity index is 973. The predicted octanol–water partition coefficient (Wildman–Crippen LogP) is 1.77. The number of hydrogen-bond acceptors (Lipinski definition) is 7. The van der Waals surface area contributed by atoms with Gasteiger partial charge in [0.15, 0.2) is 0 Å². The SMILES string of the molecule is COc1ccc(-c2cc(-c3cn(CCO)nc3C)c(C#N)c(N)n2)cn1. The molecule has 3 aromatic heterocycles. The molecule has 3 rings (SSSR count). The number of anilines is 1. The molecule has 0 amide bonds. The van der Waals surface area contributed by atoms with Crippen LogP contribution in [0, 0.1) is 18.3 Å². The summed E-state index contributed by atoms with van der Waals surface area (Å²) in [5.74, 6) is 0.641. The number of aromatic nitrogens is 4. The van der Waals surface area contributed by atoms with E-state index in [0.29, 0.717) is 29.2 Å². The first-order valence-corrected chi connectivity index (χ1v) is 7.93. The lowest BCUT2D eigenvalue weighted by Crippen LogP contribution is -2.02. The molecule has 0 fully saturated rings. The number of methoxy groups -OCH3 is 1. The molecule has 0 saturated heterocycles. The van der Waals surface area contributed by atoms with Gasteiger partial charge in [0.2, 0.25) is 5.88 Å². The first kappa shape index (κ1) is 17.4. The third-order valence-corrected chi connectivity index (χ3v) is 3.97. The molecule has 0 atom stereocenters. The van der Waals surface area contributed by atoms with Gasteiger partial charge in [0, 0.05) is 35.2 Å². The minimum atomic E-state index is -0.0209. The predicted molar refractivity (Wildman–Crippen MR) is 96.2 cm³/mol. The average molecular weight is 350 g/mol. The van der Waals surface area contributed by atoms with Crippen molar-refractivity contribution in [2.75, 3.05) is 19.5 Å². The van der Waals surface area contributed by atoms with E-state index in [0.717, 1.165) is 16.8 Å². The standard InChI is InChI=1S/C18H18N6O2/c1-11-15(10-24(23-11)5-6-25)13-7-16(22-18(20)14(13)8-19)12-3-4-17(26-2)21-9-12/h3-4,7,9-10,25H,5-6H2,1-2H3,(H2,20,22). The average Bonchev–Trinajstić information content (AvgIpc) is 3.01. The van der Waals surface area contributed by atoms with Crippen molar-refractivity contribution in [2.45, 2.75) is 13.5 Å². The lowest BCUT2D eigenvalue weighted by Gasteiger charge is -2.09. The quantitative estimate of drug-likeness (QED) is 0.719. The highest BCUT2D eigenvalue weighted by molar-refractivity contribution is 5.80. The summed E-state index contributed by atoms with van der Waals surface area (Å²) >= 11 is 0. The van der Waals surface area contributed by atoms with Crippen molar-refractivity contribution in [1.82, 2.24) is 19.7 Å². The molecule has 0 aliphatic rings. The molecule has 26 heavy (non-hydrogen) atoms. The van der Waals surface area contributed by atoms with Crippen LogP contribution in [0.15, 0.2) is 30.6 Å². The molecule has 0 bridgehead atoms. The molecule has 0 aromatic carbocycles. The molecule has 132 valence electrons. The number of aliphatic hydroxyl groups is 1. The Kier molecular flexibility index (Phi) is 4.82. The zero-order chi connectivity index (χ0) is 18.7. The fourth-order valence-corrected chi connectivity index (χ4v) is 2.69. The third-order valence-electron chi connectivity index (χ3n) is 3.97. The molecule has 3 N–H and O–H groups in total. The van der Waals surface area contributed by atoms with Crippen LogP contribution in [0.1, 0.15) is 11.3 Å². The number of pyridine rings is 2. The van der Waals surface area contributed by atoms with Gasteiger partial charge in [-0.1, -0.05) is 0 Å². The van der Waals surface area contributed by atoms with Gasteiger partial charge in [0.05, 0.1) is 31.6 Å². The summed E-state index contributed by atoms with van der Waals surface area (Å²) in [5.41, 5.74) is 9.83. The third kappa shape index (κ3) is 3.20. The topological polar surface area (TPSA) is 123 Å². The zero-order valence-corrected chi connectivity index (χ0v) is 14.5. The van der Waals surface area contributed by atoms with Crippen LogP contribution < -0.4 is 10.5 Å². The largest absolute Gasteiger partial charge is 0.481 e. The normalized spacial score (nSPS) is 10.5. The van der Waals surface area contributed by atoms with Gasteiger partial charge in [-0.05, 0) is 19.1 Å². The summed E-state index contributed by atoms with van der Waals surface area (Å²) in [6, 6.07) is 7.47. The van der Waals surface area contributed by atoms with E-state index in [4.69, 9.17) is 15.6 Å². The second-order valence-electron chi connectivity index (χ2n) is 5.63. The smallest absolute Gasteiger partial charge is 0.212 e. The summed E-state index contributed by atoms with van der Waals surface area (Å²) in [6.07, 6.45) is 3.43. The van der Waals surface area contributed by atoms with Crippen molar-refractivity contribution in [2.24, 2.45) is 0 Å². The molecule has 0 saturated carbocycles. The van der Waals surface area contributed by atoms with Gasteiger partial charge >= 0.3 is 0 Å². The van der Waals surface area contributed by atoms with Gasteiger partial charge in [-0.3, -0.25) is 4.68 Å². The maximum atomic E-state index is 9.53. The van der Waals surface area contributed by atoms with Gasteiger partial charge in [0.25, 0.3) is 0 Å². The van der Waals surface area contributed by atoms with E-state index in [1.807, 2.05) is 13.0 Å². The molecule has 0 spiro atoms. The molecule has 3 heterocycles. The first-order valence-electron chi connectivity index (χ1n) is 7.93. The first-order chi connectivity index (χ1) is 12.6. The van der Waals surface area contributed by atoms with Gasteiger partial charge in [-0.25, -0.2) is 9.97 Å². The Morgan fingerprint density at radius 1 is 1.35 bits per heavy atom. The zero-order valence-electron chi connectivity index (χ0n) is 14.5. The minimum Gasteiger partial charge on any atom is -0.481 e. The molecule has 0 radical (unpaired) electrons. The molecule has 0 aliphatic carbocycles. The molecular formula is C18H18N6O2. The highest BCUT2D eigenvalue weighted by Gasteiger charge is 2.17. The van der Waals surface area contributed by atoms with Crippen molar-refractivity contribution in [1.29, 1.82) is 5.26 Å². The molecule has 0 aliphatic heterocycles. The monoisotopic (exact) mass is 350 g/mol. The van der Waals surface area contributed by atoms with E-state index in [1.165, 1.54) is 0 Å². The van der Waals surface area contributed by atoms with Gasteiger partial charge in [-0.2, -0.15) is 10.4 Å². The van der Waals surface area contributed by atoms with E-state index in [-0.39, 0.29) is 12.4 Å². The highest BCUT2D eigenvalue weighted by atomic mass is 16.5. The number of rotatable bonds is 5. The number of aliphatic hydroxyl groups excluding tert-OH is 1. The minimum absolute atomic E-state index is 0.0209. The maximum absolute atomic E-state index is 9.53. The van der Waals surface area contributed by atoms with E-state index >= 15 is 0 Å². The van der Waals surface area contributed by atoms with Crippen LogP contribution in [0.2, 0.25) is 0 Å². The van der Waals surface area contributed by atoms with Crippen molar-refractivity contribution < 1.29 is 9.84 Å². The summed E-state index contributed by atoms with van der Waals surface area (Å²) in [6.45, 7) is 2.20. The Hall–Kier alpha value is -3.44. The van der Waals surface area contributed by atoms with Crippen molar-refractivity contribution in [3.8, 4) is 34.3 Å². The van der Waals surface area contributed by atoms with Gasteiger partial charge in [-0.15, -0.1) is 0 Å². The van der Waals surface area contributed by atoms with Crippen molar-refractivity contribution in [3.63, 3.8) is 0 Å². The fraction of sp³-hybridized carbons (Fsp3) is 0.222. The van der Waals surface area contributed by atoms with Gasteiger partial charge in [0.1, 0.15) is 17.5 Å². The van der Waals surface area contributed by atoms with Gasteiger partial charge < -0.3 is 15.6 Å². The Morgan fingerprint density at radius 2 is 2.15 bits per heavy atom. The summed E-state index contributed by atoms with van der Waals surface area (Å²) in [5, 5.41) is 23.0. The van der Waals surface area contributed by atoms with E-state index in [1.54, 1.807) is 36.3 Å². The van der Waals surface area contributed by atoms with Crippen LogP contribution in [-0.4, -0.2) is 38.6 Å². The Labute approximate surface area is 150 Å². The number of hydrogen-bond donors (Lipinski definition) is 2. The van der Waals surface area contributed by atoms with Crippen molar-refractivity contribution in [3.05, 3.63) is 41.9 Å². The van der Waals surface area contributed by atoms with E-state index in [9.17, 15) is 5.26 Å². The molecular weight excluding hydrogens is 332 g/mol. The lowest BCUT2D eigenvalue weighted by molar-refractivity contribution is 0.269. The number of ether oxygens (including phenoxy) is 1. The molecule has 8 heteroatoms. The van der Waals surface area contributed by atoms with Crippen LogP contribution in [0.3, 0.4) is 0 Å². The van der Waals surface area contributed by atoms with Crippen LogP contribution in [0.4, 0.5) is 5.82 Å². The van der Waals surface area contributed by atoms with E-state index in [2.05, 4.69) is 21.1 Å². The molecule has 3 aromatic rings. The van der Waals surface area contributed by atoms with Crippen LogP contribution >= 0.6 is 0 Å². The lowest BCUT2D eigenvalue weighted by atomic mass is 9.99. The fourth-order valence-electron chi connectivity index (χ4n) is 2.69. The maximum Gasteiger partial charge on any atom is 0.212 e. The number of nitrogen functional groups attached to an aromatic ring is 1. The number of nitrogens with zero attached hydrogens (tertiary/aromatic N) is 5. The van der Waals surface area contributed by atoms with Crippen molar-refractivity contribution >= 4 is 5.82 Å². The summed E-state index contributed by atoms with van der Waals surface area (Å²) < 4.78 is 6.71. The van der Waals surface area contributed by atoms with Crippen LogP contribution in [0.25, 0.3) is 22.4 Å². The highest BCUT2D eigenvalue weighted by Crippen LogP contribution is 2.32.